The van der Waals surface area contributed by atoms with E-state index in [1.54, 1.807) is 43.0 Å². The van der Waals surface area contributed by atoms with Crippen molar-refractivity contribution in [3.8, 4) is 0 Å². The summed E-state index contributed by atoms with van der Waals surface area (Å²) in [6.07, 6.45) is 3.90. The second-order valence-electron chi connectivity index (χ2n) is 22.6. The van der Waals surface area contributed by atoms with Gasteiger partial charge in [-0.05, 0) is 191 Å². The molecular formula is C65H68ClF5N6O4. The molecule has 16 heteroatoms. The maximum Gasteiger partial charge on any atom is 0.416 e. The molecule has 2 aliphatic heterocycles. The molecule has 6 aromatic rings. The number of hydrogen-bond donors (Lipinski definition) is 4. The second kappa shape index (κ2) is 24.1. The Kier molecular flexibility index (Phi) is 16.9. The number of amides is 4. The Morgan fingerprint density at radius 3 is 1.60 bits per heavy atom. The second-order valence-corrected chi connectivity index (χ2v) is 23.1. The third-order valence-electron chi connectivity index (χ3n) is 17.3. The number of aryl methyl sites for hydroxylation is 3. The number of anilines is 4. The number of benzene rings is 6. The molecule has 424 valence electrons. The minimum Gasteiger partial charge on any atom is -0.382 e. The summed E-state index contributed by atoms with van der Waals surface area (Å²) in [5, 5.41) is 13.5. The van der Waals surface area contributed by atoms with Crippen LogP contribution < -0.4 is 21.3 Å². The average molecular weight is 1130 g/mol. The molecule has 10 rings (SSSR count). The lowest BCUT2D eigenvalue weighted by atomic mass is 9.82. The predicted octanol–water partition coefficient (Wildman–Crippen LogP) is 15.4. The maximum atomic E-state index is 16.4. The van der Waals surface area contributed by atoms with Gasteiger partial charge in [-0.15, -0.1) is 0 Å². The van der Waals surface area contributed by atoms with Crippen molar-refractivity contribution in [2.75, 3.05) is 34.4 Å². The van der Waals surface area contributed by atoms with Crippen LogP contribution in [0.1, 0.15) is 154 Å². The molecule has 2 saturated carbocycles. The molecule has 2 unspecified atom stereocenters. The summed E-state index contributed by atoms with van der Waals surface area (Å²) in [7, 11) is 0. The van der Waals surface area contributed by atoms with Gasteiger partial charge in [0, 0.05) is 52.9 Å². The van der Waals surface area contributed by atoms with Gasteiger partial charge < -0.3 is 31.1 Å². The lowest BCUT2D eigenvalue weighted by Crippen LogP contribution is -2.46. The highest BCUT2D eigenvalue weighted by Gasteiger charge is 2.43. The van der Waals surface area contributed by atoms with E-state index in [0.29, 0.717) is 72.1 Å². The first-order chi connectivity index (χ1) is 38.8. The van der Waals surface area contributed by atoms with E-state index in [4.69, 9.17) is 11.6 Å². The van der Waals surface area contributed by atoms with Gasteiger partial charge in [-0.25, -0.2) is 8.78 Å². The first-order valence-corrected chi connectivity index (χ1v) is 28.7. The minimum atomic E-state index is -4.64. The Labute approximate surface area is 475 Å². The molecule has 6 atom stereocenters. The van der Waals surface area contributed by atoms with Crippen LogP contribution in [0.3, 0.4) is 0 Å². The molecular weight excluding hydrogens is 1060 g/mol. The summed E-state index contributed by atoms with van der Waals surface area (Å²) < 4.78 is 73.6. The van der Waals surface area contributed by atoms with E-state index in [2.05, 4.69) is 21.3 Å². The number of halogens is 6. The number of likely N-dealkylation sites (tertiary alicyclic amines) is 2. The smallest absolute Gasteiger partial charge is 0.382 e. The number of hydrogen-bond acceptors (Lipinski definition) is 6. The summed E-state index contributed by atoms with van der Waals surface area (Å²) >= 11 is 6.46. The number of nitrogens with one attached hydrogen (secondary N) is 4. The molecule has 2 saturated heterocycles. The Bertz CT molecular complexity index is 3310. The zero-order valence-corrected chi connectivity index (χ0v) is 46.8. The van der Waals surface area contributed by atoms with Gasteiger partial charge >= 0.3 is 6.18 Å². The quantitative estimate of drug-likeness (QED) is 0.0855. The van der Waals surface area contributed by atoms with E-state index < -0.39 is 65.0 Å². The van der Waals surface area contributed by atoms with Crippen LogP contribution in [0, 0.1) is 51.2 Å². The molecule has 2 heterocycles. The van der Waals surface area contributed by atoms with Crippen molar-refractivity contribution in [1.29, 1.82) is 0 Å². The van der Waals surface area contributed by atoms with Crippen LogP contribution in [0.5, 0.6) is 0 Å². The number of carbonyl (C=O) groups is 4. The fourth-order valence-corrected chi connectivity index (χ4v) is 13.2. The third kappa shape index (κ3) is 12.3. The van der Waals surface area contributed by atoms with Crippen molar-refractivity contribution in [3.63, 3.8) is 0 Å². The van der Waals surface area contributed by atoms with Crippen LogP contribution in [0.25, 0.3) is 0 Å². The van der Waals surface area contributed by atoms with Crippen LogP contribution in [-0.2, 0) is 15.8 Å². The zero-order chi connectivity index (χ0) is 57.3. The van der Waals surface area contributed by atoms with E-state index in [0.717, 1.165) is 59.8 Å². The van der Waals surface area contributed by atoms with Gasteiger partial charge in [0.15, 0.2) is 0 Å². The number of carbonyl (C=O) groups excluding carboxylic acids is 4. The molecule has 0 bridgehead atoms. The molecule has 4 fully saturated rings. The predicted molar refractivity (Wildman–Crippen MR) is 308 cm³/mol. The van der Waals surface area contributed by atoms with Gasteiger partial charge in [-0.2, -0.15) is 13.2 Å². The highest BCUT2D eigenvalue weighted by molar-refractivity contribution is 6.31. The van der Waals surface area contributed by atoms with Gasteiger partial charge in [-0.1, -0.05) is 79.0 Å². The fourth-order valence-electron chi connectivity index (χ4n) is 13.0. The van der Waals surface area contributed by atoms with Gasteiger partial charge in [0.1, 0.15) is 11.6 Å². The van der Waals surface area contributed by atoms with Gasteiger partial charge in [0.25, 0.3) is 11.8 Å². The number of nitrogens with zero attached hydrogens (tertiary/aromatic N) is 2. The number of rotatable bonds is 13. The monoisotopic (exact) mass is 1130 g/mol. The van der Waals surface area contributed by atoms with Crippen molar-refractivity contribution in [1.82, 2.24) is 9.80 Å². The average Bonchev–Trinajstić information content (AvgIpc) is 4.17. The number of piperidine rings is 2. The summed E-state index contributed by atoms with van der Waals surface area (Å²) in [4.78, 5) is 61.2. The van der Waals surface area contributed by atoms with Crippen molar-refractivity contribution < 1.29 is 41.1 Å². The summed E-state index contributed by atoms with van der Waals surface area (Å²) in [6, 6.07) is 30.6. The van der Waals surface area contributed by atoms with Gasteiger partial charge in [0.2, 0.25) is 11.8 Å². The van der Waals surface area contributed by atoms with Crippen LogP contribution in [0.15, 0.2) is 115 Å². The minimum absolute atomic E-state index is 0.00676. The Morgan fingerprint density at radius 2 is 1.05 bits per heavy atom. The highest BCUT2D eigenvalue weighted by Crippen LogP contribution is 2.44. The van der Waals surface area contributed by atoms with E-state index in [1.165, 1.54) is 55.0 Å². The number of alkyl halides is 3. The lowest BCUT2D eigenvalue weighted by molar-refractivity contribution is -0.138. The third-order valence-corrected chi connectivity index (χ3v) is 17.7. The first-order valence-electron chi connectivity index (χ1n) is 28.3. The summed E-state index contributed by atoms with van der Waals surface area (Å²) in [5.74, 6) is -4.76. The van der Waals surface area contributed by atoms with Crippen LogP contribution in [0.4, 0.5) is 44.7 Å². The van der Waals surface area contributed by atoms with Crippen LogP contribution in [0.2, 0.25) is 5.02 Å². The van der Waals surface area contributed by atoms with Crippen LogP contribution >= 0.6 is 11.6 Å². The molecule has 10 nitrogen and oxygen atoms in total. The van der Waals surface area contributed by atoms with Crippen molar-refractivity contribution in [3.05, 3.63) is 188 Å². The van der Waals surface area contributed by atoms with Gasteiger partial charge in [0.05, 0.1) is 40.6 Å². The zero-order valence-electron chi connectivity index (χ0n) is 46.0. The first kappa shape index (κ1) is 57.0. The summed E-state index contributed by atoms with van der Waals surface area (Å²) in [6.45, 7) is 7.23. The molecule has 4 aliphatic rings. The van der Waals surface area contributed by atoms with E-state index >= 15 is 13.6 Å². The normalized spacial score (nSPS) is 21.4. The van der Waals surface area contributed by atoms with E-state index in [-0.39, 0.29) is 46.8 Å². The van der Waals surface area contributed by atoms with Gasteiger partial charge in [-0.3, -0.25) is 19.2 Å². The Hall–Kier alpha value is -7.26. The molecule has 0 spiro atoms. The molecule has 2 aliphatic carbocycles. The Balaban J connectivity index is 0.875. The molecule has 81 heavy (non-hydrogen) atoms. The maximum absolute atomic E-state index is 16.4. The topological polar surface area (TPSA) is 123 Å². The van der Waals surface area contributed by atoms with E-state index in [1.807, 2.05) is 61.5 Å². The van der Waals surface area contributed by atoms with E-state index in [9.17, 15) is 27.6 Å². The SMILES string of the molecule is Cc1ccc(NC(=O)[C@H]2CCCN(C(=O)c3c(F)ccc(C4CCC(Nc5ccc([C@H]6[C@@H](C(=O)Nc7ccc(C)c(C(F)(F)F)c7)CCCN6C(=O)c6c(C)cccc6F)cc5)C4)c3C)[C@H]2c2ccc(NC3CCCC3)cc2)cc1Cl. The molecule has 4 N–H and O–H groups in total. The lowest BCUT2D eigenvalue weighted by Gasteiger charge is -2.41. The molecule has 0 radical (unpaired) electrons. The fraction of sp³-hybridized carbons (Fsp3) is 0.385. The highest BCUT2D eigenvalue weighted by atomic mass is 35.5. The van der Waals surface area contributed by atoms with Crippen molar-refractivity contribution in [2.24, 2.45) is 11.8 Å². The van der Waals surface area contributed by atoms with Crippen LogP contribution in [-0.4, -0.2) is 58.6 Å². The summed E-state index contributed by atoms with van der Waals surface area (Å²) in [5.41, 5.74) is 5.39. The van der Waals surface area contributed by atoms with Crippen molar-refractivity contribution >= 4 is 58.0 Å². The van der Waals surface area contributed by atoms with Crippen molar-refractivity contribution in [2.45, 2.75) is 135 Å². The molecule has 4 amide bonds. The standard InChI is InChI=1S/C65H68ClF5N6O4/c1-37-16-23-48(35-53(37)65(69,70)71)74-61(78)51-13-8-32-76(63(80)57-39(3)10-7-15-55(57)67)59(51)41-20-27-46(28-21-41)73-47-29-22-43(34-47)50-30-31-56(68)58(40(50)4)64(81)77-33-9-14-52(62(79)75-49-24-17-38(2)54(66)36-49)60(77)42-18-25-45(26-19-42)72-44-11-5-6-12-44/h7,10,15-21,23-28,30-31,35-36,43-44,47,51-52,59-60,72-73H,5-6,8-9,11-14,22,29,32-34H2,1-4H3,(H,74,78)(H,75,79)/t43?,47?,51-,52-,59-,60-/m0/s1. The molecule has 6 aromatic carbocycles. The Morgan fingerprint density at radius 1 is 0.531 bits per heavy atom. The largest absolute Gasteiger partial charge is 0.416 e. The molecule has 0 aromatic heterocycles.